The molecule has 3 N–H and O–H groups in total. The molecule has 1 aromatic heterocycles. The predicted octanol–water partition coefficient (Wildman–Crippen LogP) is 3.83. The number of anilines is 1. The molecule has 0 radical (unpaired) electrons. The van der Waals surface area contributed by atoms with Crippen molar-refractivity contribution in [3.05, 3.63) is 65.3 Å². The largest absolute Gasteiger partial charge is 0.386 e. The molecule has 1 fully saturated rings. The summed E-state index contributed by atoms with van der Waals surface area (Å²) in [5, 5.41) is 11.6. The molecule has 4 rings (SSSR count). The highest BCUT2D eigenvalue weighted by Crippen LogP contribution is 2.29. The quantitative estimate of drug-likeness (QED) is 0.308. The Morgan fingerprint density at radius 1 is 1.10 bits per heavy atom. The number of benzene rings is 2. The molecule has 2 aromatic carbocycles. The molecule has 2 heterocycles. The van der Waals surface area contributed by atoms with Crippen LogP contribution in [0, 0.1) is 5.82 Å². The SMILES string of the molecule is I.NC(=NCC(O)c1cc2ccccc2s1)N1CCN(c2ccc(F)cc2)CC1. The van der Waals surface area contributed by atoms with E-state index in [9.17, 15) is 9.50 Å². The zero-order valence-electron chi connectivity index (χ0n) is 15.9. The average molecular weight is 526 g/mol. The lowest BCUT2D eigenvalue weighted by Crippen LogP contribution is -2.51. The van der Waals surface area contributed by atoms with Gasteiger partial charge in [-0.2, -0.15) is 0 Å². The molecule has 0 aliphatic carbocycles. The predicted molar refractivity (Wildman–Crippen MR) is 129 cm³/mol. The number of aliphatic imine (C=N–C) groups is 1. The van der Waals surface area contributed by atoms with Gasteiger partial charge in [0.25, 0.3) is 0 Å². The molecule has 1 unspecified atom stereocenters. The van der Waals surface area contributed by atoms with Crippen molar-refractivity contribution in [1.29, 1.82) is 0 Å². The second-order valence-corrected chi connectivity index (χ2v) is 7.97. The van der Waals surface area contributed by atoms with Crippen LogP contribution in [-0.2, 0) is 0 Å². The molecule has 29 heavy (non-hydrogen) atoms. The summed E-state index contributed by atoms with van der Waals surface area (Å²) >= 11 is 1.58. The number of nitrogens with two attached hydrogens (primary N) is 1. The fourth-order valence-corrected chi connectivity index (χ4v) is 4.42. The summed E-state index contributed by atoms with van der Waals surface area (Å²) in [4.78, 5) is 9.54. The maximum absolute atomic E-state index is 13.1. The summed E-state index contributed by atoms with van der Waals surface area (Å²) in [5.74, 6) is 0.231. The van der Waals surface area contributed by atoms with Crippen LogP contribution in [0.4, 0.5) is 10.1 Å². The Kier molecular flexibility index (Phi) is 7.31. The van der Waals surface area contributed by atoms with E-state index >= 15 is 0 Å². The first-order valence-electron chi connectivity index (χ1n) is 9.32. The summed E-state index contributed by atoms with van der Waals surface area (Å²) in [6.07, 6.45) is -0.656. The molecule has 0 bridgehead atoms. The van der Waals surface area contributed by atoms with E-state index in [4.69, 9.17) is 5.73 Å². The minimum atomic E-state index is -0.656. The van der Waals surface area contributed by atoms with Crippen LogP contribution < -0.4 is 10.6 Å². The lowest BCUT2D eigenvalue weighted by Gasteiger charge is -2.36. The van der Waals surface area contributed by atoms with Crippen LogP contribution in [0.1, 0.15) is 11.0 Å². The molecule has 5 nitrogen and oxygen atoms in total. The van der Waals surface area contributed by atoms with Crippen LogP contribution in [-0.4, -0.2) is 48.7 Å². The highest BCUT2D eigenvalue weighted by atomic mass is 127. The highest BCUT2D eigenvalue weighted by molar-refractivity contribution is 14.0. The number of hydrogen-bond donors (Lipinski definition) is 2. The van der Waals surface area contributed by atoms with Crippen LogP contribution in [0.25, 0.3) is 10.1 Å². The number of piperazine rings is 1. The smallest absolute Gasteiger partial charge is 0.191 e. The second-order valence-electron chi connectivity index (χ2n) is 6.85. The van der Waals surface area contributed by atoms with Crippen molar-refractivity contribution in [2.45, 2.75) is 6.10 Å². The van der Waals surface area contributed by atoms with Gasteiger partial charge in [-0.25, -0.2) is 4.39 Å². The van der Waals surface area contributed by atoms with E-state index < -0.39 is 6.10 Å². The zero-order valence-corrected chi connectivity index (χ0v) is 19.0. The third-order valence-electron chi connectivity index (χ3n) is 4.99. The zero-order chi connectivity index (χ0) is 19.5. The van der Waals surface area contributed by atoms with Crippen molar-refractivity contribution in [3.8, 4) is 0 Å². The number of rotatable bonds is 4. The molecule has 154 valence electrons. The summed E-state index contributed by atoms with van der Waals surface area (Å²) < 4.78 is 14.2. The number of aliphatic hydroxyl groups is 1. The van der Waals surface area contributed by atoms with Crippen molar-refractivity contribution in [1.82, 2.24) is 4.90 Å². The van der Waals surface area contributed by atoms with Crippen LogP contribution in [0.5, 0.6) is 0 Å². The lowest BCUT2D eigenvalue weighted by molar-refractivity contribution is 0.190. The Labute approximate surface area is 190 Å². The molecule has 1 atom stereocenters. The maximum atomic E-state index is 13.1. The number of thiophene rings is 1. The Bertz CT molecular complexity index is 937. The van der Waals surface area contributed by atoms with Gasteiger partial charge in [0.1, 0.15) is 11.9 Å². The van der Waals surface area contributed by atoms with Gasteiger partial charge < -0.3 is 20.6 Å². The molecule has 1 aliphatic rings. The van der Waals surface area contributed by atoms with Crippen LogP contribution in [0.2, 0.25) is 0 Å². The maximum Gasteiger partial charge on any atom is 0.191 e. The molecule has 8 heteroatoms. The number of fused-ring (bicyclic) bond motifs is 1. The summed E-state index contributed by atoms with van der Waals surface area (Å²) in [7, 11) is 0. The van der Waals surface area contributed by atoms with E-state index in [1.807, 2.05) is 29.2 Å². The van der Waals surface area contributed by atoms with E-state index in [0.717, 1.165) is 46.8 Å². The molecule has 1 saturated heterocycles. The normalized spacial score (nSPS) is 16.0. The van der Waals surface area contributed by atoms with Crippen molar-refractivity contribution >= 4 is 57.0 Å². The fourth-order valence-electron chi connectivity index (χ4n) is 3.38. The molecule has 1 aliphatic heterocycles. The average Bonchev–Trinajstić information content (AvgIpc) is 3.17. The van der Waals surface area contributed by atoms with E-state index in [1.54, 1.807) is 23.5 Å². The summed E-state index contributed by atoms with van der Waals surface area (Å²) in [6.45, 7) is 3.32. The monoisotopic (exact) mass is 526 g/mol. The van der Waals surface area contributed by atoms with Gasteiger partial charge in [-0.1, -0.05) is 18.2 Å². The van der Waals surface area contributed by atoms with Crippen molar-refractivity contribution < 1.29 is 9.50 Å². The van der Waals surface area contributed by atoms with Gasteiger partial charge in [0, 0.05) is 41.4 Å². The number of hydrogen-bond acceptors (Lipinski definition) is 4. The fraction of sp³-hybridized carbons (Fsp3) is 0.286. The van der Waals surface area contributed by atoms with Crippen molar-refractivity contribution in [2.75, 3.05) is 37.6 Å². The third-order valence-corrected chi connectivity index (χ3v) is 6.21. The molecule has 0 spiro atoms. The van der Waals surface area contributed by atoms with Crippen LogP contribution in [0.15, 0.2) is 59.6 Å². The Morgan fingerprint density at radius 2 is 1.79 bits per heavy atom. The molecule has 0 amide bonds. The topological polar surface area (TPSA) is 65.1 Å². The van der Waals surface area contributed by atoms with Gasteiger partial charge in [0.05, 0.1) is 6.54 Å². The van der Waals surface area contributed by atoms with Gasteiger partial charge in [-0.15, -0.1) is 35.3 Å². The van der Waals surface area contributed by atoms with Gasteiger partial charge >= 0.3 is 0 Å². The minimum Gasteiger partial charge on any atom is -0.386 e. The Hall–Kier alpha value is -1.91. The summed E-state index contributed by atoms with van der Waals surface area (Å²) in [6, 6.07) is 16.6. The molecule has 3 aromatic rings. The van der Waals surface area contributed by atoms with E-state index in [0.29, 0.717) is 5.96 Å². The Balaban J connectivity index is 0.00000240. The van der Waals surface area contributed by atoms with Crippen molar-refractivity contribution in [3.63, 3.8) is 0 Å². The van der Waals surface area contributed by atoms with Gasteiger partial charge in [-0.3, -0.25) is 4.99 Å². The highest BCUT2D eigenvalue weighted by Gasteiger charge is 2.19. The van der Waals surface area contributed by atoms with Crippen molar-refractivity contribution in [2.24, 2.45) is 10.7 Å². The molecular weight excluding hydrogens is 502 g/mol. The van der Waals surface area contributed by atoms with Crippen LogP contribution in [0.3, 0.4) is 0 Å². The standard InChI is InChI=1S/C21H23FN4OS.HI/c22-16-5-7-17(8-6-16)25-9-11-26(12-10-25)21(23)24-14-18(27)20-13-15-3-1-2-4-19(15)28-20;/h1-8,13,18,27H,9-12,14H2,(H2,23,24);1H. The first-order valence-corrected chi connectivity index (χ1v) is 10.1. The summed E-state index contributed by atoms with van der Waals surface area (Å²) in [5.41, 5.74) is 7.16. The van der Waals surface area contributed by atoms with E-state index in [2.05, 4.69) is 16.0 Å². The Morgan fingerprint density at radius 3 is 2.48 bits per heavy atom. The van der Waals surface area contributed by atoms with Gasteiger partial charge in [0.2, 0.25) is 0 Å². The number of guanidine groups is 1. The van der Waals surface area contributed by atoms with Gasteiger partial charge in [0.15, 0.2) is 5.96 Å². The first kappa shape index (κ1) is 21.8. The molecular formula is C21H24FIN4OS. The second kappa shape index (κ2) is 9.73. The molecule has 0 saturated carbocycles. The third kappa shape index (κ3) is 5.18. The first-order chi connectivity index (χ1) is 13.6. The number of nitrogens with zero attached hydrogens (tertiary/aromatic N) is 3. The van der Waals surface area contributed by atoms with Gasteiger partial charge in [-0.05, 0) is 41.8 Å². The van der Waals surface area contributed by atoms with Crippen LogP contribution >= 0.6 is 35.3 Å². The lowest BCUT2D eigenvalue weighted by atomic mass is 10.2. The number of aliphatic hydroxyl groups excluding tert-OH is 1. The number of halogens is 2. The van der Waals surface area contributed by atoms with E-state index in [1.165, 1.54) is 12.1 Å². The van der Waals surface area contributed by atoms with E-state index in [-0.39, 0.29) is 36.3 Å². The minimum absolute atomic E-state index is 0.